The van der Waals surface area contributed by atoms with Crippen molar-refractivity contribution in [1.29, 1.82) is 0 Å². The van der Waals surface area contributed by atoms with Crippen LogP contribution in [0.5, 0.6) is 5.75 Å². The van der Waals surface area contributed by atoms with Crippen LogP contribution in [0.25, 0.3) is 0 Å². The molecule has 0 spiro atoms. The van der Waals surface area contributed by atoms with Crippen molar-refractivity contribution in [2.75, 3.05) is 7.11 Å². The van der Waals surface area contributed by atoms with E-state index in [9.17, 15) is 4.79 Å². The van der Waals surface area contributed by atoms with Crippen molar-refractivity contribution in [2.24, 2.45) is 10.7 Å². The Balaban J connectivity index is 2.28. The summed E-state index contributed by atoms with van der Waals surface area (Å²) in [5.41, 5.74) is 7.85. The first-order valence-corrected chi connectivity index (χ1v) is 6.05. The topological polar surface area (TPSA) is 77.6 Å². The van der Waals surface area contributed by atoms with Crippen LogP contribution in [0.15, 0.2) is 47.7 Å². The number of hydrogen-bond donors (Lipinski definition) is 1. The van der Waals surface area contributed by atoms with E-state index < -0.39 is 5.91 Å². The zero-order valence-corrected chi connectivity index (χ0v) is 11.3. The lowest BCUT2D eigenvalue weighted by molar-refractivity contribution is 0.100. The predicted octanol–water partition coefficient (Wildman–Crippen LogP) is 1.94. The van der Waals surface area contributed by atoms with Crippen molar-refractivity contribution in [3.05, 3.63) is 59.4 Å². The third kappa shape index (κ3) is 3.00. The molecule has 1 aromatic heterocycles. The molecule has 5 nitrogen and oxygen atoms in total. The monoisotopic (exact) mass is 269 g/mol. The molecular weight excluding hydrogens is 254 g/mol. The van der Waals surface area contributed by atoms with Crippen LogP contribution in [-0.2, 0) is 0 Å². The molecule has 102 valence electrons. The van der Waals surface area contributed by atoms with Gasteiger partial charge in [-0.15, -0.1) is 0 Å². The summed E-state index contributed by atoms with van der Waals surface area (Å²) in [7, 11) is 1.56. The number of aryl methyl sites for hydroxylation is 1. The number of ether oxygens (including phenoxy) is 1. The lowest BCUT2D eigenvalue weighted by Gasteiger charge is -2.06. The number of nitrogens with zero attached hydrogens (tertiary/aromatic N) is 2. The van der Waals surface area contributed by atoms with E-state index in [0.29, 0.717) is 16.9 Å². The maximum atomic E-state index is 12.1. The minimum Gasteiger partial charge on any atom is -0.496 e. The molecule has 0 saturated heterocycles. The van der Waals surface area contributed by atoms with E-state index in [-0.39, 0.29) is 5.84 Å². The van der Waals surface area contributed by atoms with Gasteiger partial charge in [-0.3, -0.25) is 9.78 Å². The maximum Gasteiger partial charge on any atom is 0.279 e. The van der Waals surface area contributed by atoms with Gasteiger partial charge in [0.1, 0.15) is 11.6 Å². The number of carbonyl (C=O) groups is 1. The Bertz CT molecular complexity index is 651. The highest BCUT2D eigenvalue weighted by atomic mass is 16.5. The van der Waals surface area contributed by atoms with Gasteiger partial charge >= 0.3 is 0 Å². The Morgan fingerprint density at radius 2 is 1.90 bits per heavy atom. The van der Waals surface area contributed by atoms with Crippen molar-refractivity contribution >= 4 is 11.7 Å². The van der Waals surface area contributed by atoms with Gasteiger partial charge in [0.15, 0.2) is 0 Å². The molecule has 5 heteroatoms. The van der Waals surface area contributed by atoms with E-state index in [0.717, 1.165) is 5.56 Å². The minimum atomic E-state index is -0.405. The summed E-state index contributed by atoms with van der Waals surface area (Å²) in [5.74, 6) is 0.406. The highest BCUT2D eigenvalue weighted by Crippen LogP contribution is 2.19. The molecule has 0 unspecified atom stereocenters. The molecule has 0 fully saturated rings. The summed E-state index contributed by atoms with van der Waals surface area (Å²) in [6.07, 6.45) is 3.19. The maximum absolute atomic E-state index is 12.1. The lowest BCUT2D eigenvalue weighted by atomic mass is 10.1. The van der Waals surface area contributed by atoms with Crippen molar-refractivity contribution in [2.45, 2.75) is 6.92 Å². The molecule has 2 aromatic rings. The summed E-state index contributed by atoms with van der Waals surface area (Å²) in [4.78, 5) is 19.8. The number of aliphatic imine (C=N–C) groups is 1. The Kier molecular flexibility index (Phi) is 4.10. The van der Waals surface area contributed by atoms with E-state index in [4.69, 9.17) is 10.5 Å². The molecule has 0 aliphatic heterocycles. The van der Waals surface area contributed by atoms with Gasteiger partial charge in [-0.05, 0) is 36.8 Å². The normalized spacial score (nSPS) is 11.2. The SMILES string of the molecule is COc1cc(C(=O)N=C(N)c2ccncc2)ccc1C. The first-order chi connectivity index (χ1) is 9.61. The number of nitrogens with two attached hydrogens (primary N) is 1. The number of aromatic nitrogens is 1. The molecule has 0 aliphatic rings. The van der Waals surface area contributed by atoms with Crippen molar-refractivity contribution in [3.8, 4) is 5.75 Å². The van der Waals surface area contributed by atoms with Crippen LogP contribution in [0.3, 0.4) is 0 Å². The van der Waals surface area contributed by atoms with E-state index in [1.807, 2.05) is 13.0 Å². The van der Waals surface area contributed by atoms with Crippen LogP contribution in [0.2, 0.25) is 0 Å². The second-order valence-corrected chi connectivity index (χ2v) is 4.22. The van der Waals surface area contributed by atoms with Crippen LogP contribution in [0.1, 0.15) is 21.5 Å². The smallest absolute Gasteiger partial charge is 0.279 e. The fourth-order valence-corrected chi connectivity index (χ4v) is 1.71. The summed E-state index contributed by atoms with van der Waals surface area (Å²) in [5, 5.41) is 0. The van der Waals surface area contributed by atoms with Gasteiger partial charge in [0.05, 0.1) is 7.11 Å². The second kappa shape index (κ2) is 5.97. The fraction of sp³-hybridized carbons (Fsp3) is 0.133. The predicted molar refractivity (Wildman–Crippen MR) is 77.0 cm³/mol. The summed E-state index contributed by atoms with van der Waals surface area (Å²) < 4.78 is 5.19. The average molecular weight is 269 g/mol. The Morgan fingerprint density at radius 1 is 1.20 bits per heavy atom. The highest BCUT2D eigenvalue weighted by molar-refractivity contribution is 6.08. The van der Waals surface area contributed by atoms with Gasteiger partial charge in [0.25, 0.3) is 5.91 Å². The van der Waals surface area contributed by atoms with Gasteiger partial charge in [-0.2, -0.15) is 4.99 Å². The molecule has 1 heterocycles. The number of amidine groups is 1. The lowest BCUT2D eigenvalue weighted by Crippen LogP contribution is -2.16. The van der Waals surface area contributed by atoms with Crippen LogP contribution in [0, 0.1) is 6.92 Å². The molecule has 1 amide bonds. The zero-order chi connectivity index (χ0) is 14.5. The van der Waals surface area contributed by atoms with Crippen LogP contribution in [-0.4, -0.2) is 23.8 Å². The molecule has 2 N–H and O–H groups in total. The van der Waals surface area contributed by atoms with Crippen molar-refractivity contribution in [3.63, 3.8) is 0 Å². The Labute approximate surface area is 117 Å². The molecule has 0 bridgehead atoms. The molecule has 20 heavy (non-hydrogen) atoms. The molecule has 1 aromatic carbocycles. The van der Waals surface area contributed by atoms with E-state index in [1.54, 1.807) is 43.8 Å². The minimum absolute atomic E-state index is 0.164. The van der Waals surface area contributed by atoms with Crippen LogP contribution in [0.4, 0.5) is 0 Å². The molecule has 0 aliphatic carbocycles. The van der Waals surface area contributed by atoms with Gasteiger partial charge in [-0.1, -0.05) is 6.07 Å². The molecule has 0 saturated carbocycles. The highest BCUT2D eigenvalue weighted by Gasteiger charge is 2.09. The molecule has 0 radical (unpaired) electrons. The second-order valence-electron chi connectivity index (χ2n) is 4.22. The number of pyridine rings is 1. The molecular formula is C15H15N3O2. The van der Waals surface area contributed by atoms with E-state index in [1.165, 1.54) is 0 Å². The van der Waals surface area contributed by atoms with Crippen LogP contribution >= 0.6 is 0 Å². The van der Waals surface area contributed by atoms with Gasteiger partial charge in [0, 0.05) is 23.5 Å². The number of amides is 1. The zero-order valence-electron chi connectivity index (χ0n) is 11.3. The number of rotatable bonds is 3. The first-order valence-electron chi connectivity index (χ1n) is 6.05. The number of benzene rings is 1. The fourth-order valence-electron chi connectivity index (χ4n) is 1.71. The standard InChI is InChI=1S/C15H15N3O2/c1-10-3-4-12(9-13(10)20-2)15(19)18-14(16)11-5-7-17-8-6-11/h3-9H,1-2H3,(H2,16,18,19). The van der Waals surface area contributed by atoms with Gasteiger partial charge in [0.2, 0.25) is 0 Å². The van der Waals surface area contributed by atoms with Crippen molar-refractivity contribution in [1.82, 2.24) is 4.98 Å². The van der Waals surface area contributed by atoms with Gasteiger partial charge < -0.3 is 10.5 Å². The molecule has 0 atom stereocenters. The summed E-state index contributed by atoms with van der Waals surface area (Å²) in [6, 6.07) is 8.55. The van der Waals surface area contributed by atoms with Gasteiger partial charge in [-0.25, -0.2) is 0 Å². The number of carbonyl (C=O) groups excluding carboxylic acids is 1. The summed E-state index contributed by atoms with van der Waals surface area (Å²) >= 11 is 0. The quantitative estimate of drug-likeness (QED) is 0.682. The third-order valence-electron chi connectivity index (χ3n) is 2.85. The largest absolute Gasteiger partial charge is 0.496 e. The number of methoxy groups -OCH3 is 1. The van der Waals surface area contributed by atoms with E-state index in [2.05, 4.69) is 9.98 Å². The number of hydrogen-bond acceptors (Lipinski definition) is 3. The third-order valence-corrected chi connectivity index (χ3v) is 2.85. The average Bonchev–Trinajstić information content (AvgIpc) is 2.48. The molecule has 2 rings (SSSR count). The first kappa shape index (κ1) is 13.7. The van der Waals surface area contributed by atoms with E-state index >= 15 is 0 Å². The summed E-state index contributed by atoms with van der Waals surface area (Å²) in [6.45, 7) is 1.90. The Morgan fingerprint density at radius 3 is 2.55 bits per heavy atom. The van der Waals surface area contributed by atoms with Crippen LogP contribution < -0.4 is 10.5 Å². The Hall–Kier alpha value is -2.69. The van der Waals surface area contributed by atoms with Crippen molar-refractivity contribution < 1.29 is 9.53 Å².